The van der Waals surface area contributed by atoms with Crippen molar-refractivity contribution in [1.82, 2.24) is 19.3 Å². The van der Waals surface area contributed by atoms with E-state index in [9.17, 15) is 31.5 Å². The van der Waals surface area contributed by atoms with Gasteiger partial charge in [-0.15, -0.1) is 13.2 Å². The SMILES string of the molecule is O=C(O)[C@H]1CN(c2nc3nc(C4CC4)ncc3s2)CCN1S(=O)(=O)c1ccc(OC(F)(F)F)cc1. The second-order valence-electron chi connectivity index (χ2n) is 8.12. The van der Waals surface area contributed by atoms with Crippen LogP contribution >= 0.6 is 11.3 Å². The molecule has 0 amide bonds. The van der Waals surface area contributed by atoms with Crippen molar-refractivity contribution in [3.8, 4) is 5.75 Å². The standard InChI is InChI=1S/C20H18F3N5O5S2/c21-20(22,23)33-12-3-5-13(6-4-12)35(31,32)28-8-7-27(10-14(28)18(29)30)19-26-17-15(34-19)9-24-16(25-17)11-1-2-11/h3-6,9,11,14H,1-2,7-8,10H2,(H,29,30)/t14-/m1/s1. The number of aromatic nitrogens is 3. The maximum atomic E-state index is 13.1. The minimum atomic E-state index is -4.92. The Balaban J connectivity index is 1.36. The lowest BCUT2D eigenvalue weighted by molar-refractivity contribution is -0.274. The molecule has 10 nitrogen and oxygen atoms in total. The largest absolute Gasteiger partial charge is 0.573 e. The summed E-state index contributed by atoms with van der Waals surface area (Å²) in [6, 6.07) is 2.20. The average Bonchev–Trinajstić information content (AvgIpc) is 3.56. The molecule has 1 saturated heterocycles. The number of sulfonamides is 1. The zero-order valence-electron chi connectivity index (χ0n) is 17.8. The summed E-state index contributed by atoms with van der Waals surface area (Å²) in [6.45, 7) is -0.150. The van der Waals surface area contributed by atoms with Crippen molar-refractivity contribution in [3.05, 3.63) is 36.3 Å². The third kappa shape index (κ3) is 4.88. The highest BCUT2D eigenvalue weighted by molar-refractivity contribution is 7.89. The van der Waals surface area contributed by atoms with Crippen LogP contribution in [0.1, 0.15) is 24.6 Å². The number of nitrogens with zero attached hydrogens (tertiary/aromatic N) is 5. The van der Waals surface area contributed by atoms with E-state index in [1.807, 2.05) is 0 Å². The number of hydrogen-bond acceptors (Lipinski definition) is 9. The van der Waals surface area contributed by atoms with E-state index >= 15 is 0 Å². The first-order chi connectivity index (χ1) is 16.5. The van der Waals surface area contributed by atoms with Crippen molar-refractivity contribution in [2.45, 2.75) is 36.1 Å². The van der Waals surface area contributed by atoms with E-state index in [-0.39, 0.29) is 24.5 Å². The molecular formula is C20H18F3N5O5S2. The van der Waals surface area contributed by atoms with Crippen LogP contribution in [0.4, 0.5) is 18.3 Å². The Bertz CT molecular complexity index is 1380. The zero-order chi connectivity index (χ0) is 25.0. The van der Waals surface area contributed by atoms with Gasteiger partial charge in [0.25, 0.3) is 0 Å². The van der Waals surface area contributed by atoms with Crippen LogP contribution in [0.5, 0.6) is 5.75 Å². The predicted octanol–water partition coefficient (Wildman–Crippen LogP) is 2.83. The monoisotopic (exact) mass is 529 g/mol. The fourth-order valence-electron chi connectivity index (χ4n) is 3.79. The van der Waals surface area contributed by atoms with Crippen molar-refractivity contribution in [2.75, 3.05) is 24.5 Å². The van der Waals surface area contributed by atoms with Crippen molar-refractivity contribution in [2.24, 2.45) is 0 Å². The number of halogens is 3. The van der Waals surface area contributed by atoms with E-state index in [2.05, 4.69) is 19.7 Å². The van der Waals surface area contributed by atoms with E-state index in [4.69, 9.17) is 0 Å². The Hall–Kier alpha value is -3.04. The normalized spacial score (nSPS) is 19.7. The molecule has 2 aromatic heterocycles. The molecule has 1 N–H and O–H groups in total. The Labute approximate surface area is 201 Å². The lowest BCUT2D eigenvalue weighted by Gasteiger charge is -2.38. The van der Waals surface area contributed by atoms with Crippen LogP contribution in [-0.2, 0) is 14.8 Å². The maximum absolute atomic E-state index is 13.1. The Morgan fingerprint density at radius 2 is 1.86 bits per heavy atom. The number of piperazine rings is 1. The van der Waals surface area contributed by atoms with E-state index in [0.717, 1.165) is 51.9 Å². The molecule has 1 aliphatic heterocycles. The highest BCUT2D eigenvalue weighted by Gasteiger charge is 2.41. The Morgan fingerprint density at radius 1 is 1.14 bits per heavy atom. The third-order valence-corrected chi connectivity index (χ3v) is 8.61. The number of thiazole rings is 1. The molecule has 0 spiro atoms. The van der Waals surface area contributed by atoms with Crippen LogP contribution in [-0.4, -0.2) is 70.8 Å². The topological polar surface area (TPSA) is 126 Å². The summed E-state index contributed by atoms with van der Waals surface area (Å²) in [5, 5.41) is 10.3. The van der Waals surface area contributed by atoms with Gasteiger partial charge in [0.1, 0.15) is 17.6 Å². The number of carboxylic acids is 1. The average molecular weight is 530 g/mol. The van der Waals surface area contributed by atoms with Gasteiger partial charge in [0.05, 0.1) is 15.8 Å². The number of carbonyl (C=O) groups is 1. The lowest BCUT2D eigenvalue weighted by atomic mass is 10.2. The minimum absolute atomic E-state index is 0.158. The Morgan fingerprint density at radius 3 is 2.49 bits per heavy atom. The molecule has 0 unspecified atom stereocenters. The van der Waals surface area contributed by atoms with Crippen LogP contribution in [0.2, 0.25) is 0 Å². The Kier molecular flexibility index (Phi) is 5.80. The van der Waals surface area contributed by atoms with Gasteiger partial charge >= 0.3 is 12.3 Å². The molecule has 3 aromatic rings. The number of anilines is 1. The quantitative estimate of drug-likeness (QED) is 0.513. The molecule has 2 aliphatic rings. The van der Waals surface area contributed by atoms with Crippen molar-refractivity contribution in [3.63, 3.8) is 0 Å². The minimum Gasteiger partial charge on any atom is -0.480 e. The lowest BCUT2D eigenvalue weighted by Crippen LogP contribution is -2.58. The highest BCUT2D eigenvalue weighted by atomic mass is 32.2. The second-order valence-corrected chi connectivity index (χ2v) is 11.0. The zero-order valence-corrected chi connectivity index (χ0v) is 19.5. The molecule has 0 radical (unpaired) electrons. The van der Waals surface area contributed by atoms with Gasteiger partial charge in [0.2, 0.25) is 10.0 Å². The number of hydrogen-bond donors (Lipinski definition) is 1. The summed E-state index contributed by atoms with van der Waals surface area (Å²) >= 11 is 1.29. The van der Waals surface area contributed by atoms with E-state index < -0.39 is 34.1 Å². The molecule has 5 rings (SSSR count). The van der Waals surface area contributed by atoms with Crippen LogP contribution in [0.25, 0.3) is 10.3 Å². The van der Waals surface area contributed by atoms with Gasteiger partial charge < -0.3 is 14.7 Å². The summed E-state index contributed by atoms with van der Waals surface area (Å²) in [5.41, 5.74) is 0.519. The molecule has 186 valence electrons. The molecule has 3 heterocycles. The number of ether oxygens (including phenoxy) is 1. The first kappa shape index (κ1) is 23.7. The summed E-state index contributed by atoms with van der Waals surface area (Å²) < 4.78 is 68.8. The second kappa shape index (κ2) is 8.57. The van der Waals surface area contributed by atoms with Crippen LogP contribution in [0.15, 0.2) is 35.4 Å². The number of alkyl halides is 3. The molecule has 0 bridgehead atoms. The molecule has 1 saturated carbocycles. The first-order valence-electron chi connectivity index (χ1n) is 10.5. The van der Waals surface area contributed by atoms with Crippen LogP contribution < -0.4 is 9.64 Å². The van der Waals surface area contributed by atoms with Crippen LogP contribution in [0.3, 0.4) is 0 Å². The van der Waals surface area contributed by atoms with Crippen molar-refractivity contribution in [1.29, 1.82) is 0 Å². The summed E-state index contributed by atoms with van der Waals surface area (Å²) in [7, 11) is -4.31. The van der Waals surface area contributed by atoms with Gasteiger partial charge in [0, 0.05) is 25.6 Å². The van der Waals surface area contributed by atoms with Crippen molar-refractivity contribution >= 4 is 42.8 Å². The number of aliphatic carboxylic acids is 1. The van der Waals surface area contributed by atoms with E-state index in [0.29, 0.717) is 16.7 Å². The molecule has 1 atom stereocenters. The van der Waals surface area contributed by atoms with Gasteiger partial charge in [-0.05, 0) is 37.1 Å². The molecular weight excluding hydrogens is 511 g/mol. The first-order valence-corrected chi connectivity index (χ1v) is 12.8. The fourth-order valence-corrected chi connectivity index (χ4v) is 6.27. The number of benzene rings is 1. The third-order valence-electron chi connectivity index (χ3n) is 5.65. The van der Waals surface area contributed by atoms with Gasteiger partial charge in [0.15, 0.2) is 10.8 Å². The summed E-state index contributed by atoms with van der Waals surface area (Å²) in [6.07, 6.45) is -1.15. The molecule has 1 aliphatic carbocycles. The molecule has 1 aromatic carbocycles. The number of carboxylic acid groups (broad SMARTS) is 1. The summed E-state index contributed by atoms with van der Waals surface area (Å²) in [5.74, 6) is -0.851. The maximum Gasteiger partial charge on any atom is 0.573 e. The predicted molar refractivity (Wildman–Crippen MR) is 118 cm³/mol. The van der Waals surface area contributed by atoms with E-state index in [1.165, 1.54) is 11.3 Å². The number of rotatable bonds is 6. The van der Waals surface area contributed by atoms with Crippen molar-refractivity contribution < 1.29 is 36.2 Å². The number of fused-ring (bicyclic) bond motifs is 1. The smallest absolute Gasteiger partial charge is 0.480 e. The van der Waals surface area contributed by atoms with Gasteiger partial charge in [-0.1, -0.05) is 11.3 Å². The highest BCUT2D eigenvalue weighted by Crippen LogP contribution is 2.39. The van der Waals surface area contributed by atoms with E-state index in [1.54, 1.807) is 11.1 Å². The van der Waals surface area contributed by atoms with Crippen LogP contribution in [0, 0.1) is 0 Å². The molecule has 15 heteroatoms. The summed E-state index contributed by atoms with van der Waals surface area (Å²) in [4.78, 5) is 26.7. The van der Waals surface area contributed by atoms with Gasteiger partial charge in [-0.25, -0.2) is 18.4 Å². The fraction of sp³-hybridized carbons (Fsp3) is 0.400. The van der Waals surface area contributed by atoms with Gasteiger partial charge in [-0.2, -0.15) is 9.29 Å². The van der Waals surface area contributed by atoms with Gasteiger partial charge in [-0.3, -0.25) is 4.79 Å². The molecule has 35 heavy (non-hydrogen) atoms. The molecule has 2 fully saturated rings.